The molecule has 2 heterocycles. The first-order valence-corrected chi connectivity index (χ1v) is 7.68. The number of nitrogens with zero attached hydrogens (tertiary/aromatic N) is 3. The highest BCUT2D eigenvalue weighted by Gasteiger charge is 2.34. The Morgan fingerprint density at radius 1 is 1.23 bits per heavy atom. The third-order valence-electron chi connectivity index (χ3n) is 4.34. The number of para-hydroxylation sites is 1. The van der Waals surface area contributed by atoms with Crippen molar-refractivity contribution in [2.24, 2.45) is 5.92 Å². The molecule has 0 N–H and O–H groups in total. The predicted octanol–water partition coefficient (Wildman–Crippen LogP) is 2.74. The second-order valence-corrected chi connectivity index (χ2v) is 6.02. The lowest BCUT2D eigenvalue weighted by atomic mass is 10.1. The highest BCUT2D eigenvalue weighted by molar-refractivity contribution is 5.95. The minimum absolute atomic E-state index is 0.00371. The van der Waals surface area contributed by atoms with Gasteiger partial charge in [-0.1, -0.05) is 18.2 Å². The molecule has 1 amide bonds. The molecule has 1 unspecified atom stereocenters. The van der Waals surface area contributed by atoms with Gasteiger partial charge in [0.15, 0.2) is 0 Å². The quantitative estimate of drug-likeness (QED) is 0.816. The molecular formula is C18H17N3O. The molecule has 22 heavy (non-hydrogen) atoms. The smallest absolute Gasteiger partial charge is 0.229 e. The summed E-state index contributed by atoms with van der Waals surface area (Å²) >= 11 is 0. The van der Waals surface area contributed by atoms with Gasteiger partial charge < -0.3 is 0 Å². The second-order valence-electron chi connectivity index (χ2n) is 6.02. The maximum atomic E-state index is 12.3. The number of benzene rings is 1. The highest BCUT2D eigenvalue weighted by atomic mass is 16.2. The summed E-state index contributed by atoms with van der Waals surface area (Å²) in [6, 6.07) is 12.0. The summed E-state index contributed by atoms with van der Waals surface area (Å²) in [5.74, 6) is 4.17. The molecule has 1 atom stereocenters. The van der Waals surface area contributed by atoms with E-state index in [1.165, 1.54) is 12.8 Å². The molecule has 0 bridgehead atoms. The average Bonchev–Trinajstić information content (AvgIpc) is 3.20. The van der Waals surface area contributed by atoms with E-state index in [0.717, 1.165) is 17.2 Å². The summed E-state index contributed by atoms with van der Waals surface area (Å²) in [5, 5.41) is 4.74. The molecule has 4 rings (SSSR count). The van der Waals surface area contributed by atoms with Crippen LogP contribution in [0.4, 0.5) is 5.82 Å². The van der Waals surface area contributed by atoms with Crippen LogP contribution in [0.1, 0.15) is 30.9 Å². The van der Waals surface area contributed by atoms with Crippen molar-refractivity contribution >= 4 is 11.7 Å². The molecule has 4 nitrogen and oxygen atoms in total. The third-order valence-corrected chi connectivity index (χ3v) is 4.34. The number of anilines is 1. The van der Waals surface area contributed by atoms with Crippen molar-refractivity contribution < 1.29 is 4.79 Å². The van der Waals surface area contributed by atoms with E-state index >= 15 is 0 Å². The maximum Gasteiger partial charge on any atom is 0.229 e. The van der Waals surface area contributed by atoms with Crippen molar-refractivity contribution in [2.45, 2.75) is 25.2 Å². The summed E-state index contributed by atoms with van der Waals surface area (Å²) < 4.78 is 1.88. The van der Waals surface area contributed by atoms with E-state index in [4.69, 9.17) is 11.5 Å². The van der Waals surface area contributed by atoms with Gasteiger partial charge in [-0.25, -0.2) is 4.68 Å². The van der Waals surface area contributed by atoms with Gasteiger partial charge in [0.25, 0.3) is 0 Å². The normalized spacial score (nSPS) is 21.1. The Kier molecular flexibility index (Phi) is 3.00. The number of carbonyl (C=O) groups excluding carboxylic acids is 1. The van der Waals surface area contributed by atoms with Gasteiger partial charge in [-0.3, -0.25) is 9.69 Å². The van der Waals surface area contributed by atoms with Crippen LogP contribution in [0.5, 0.6) is 0 Å². The minimum atomic E-state index is -0.00371. The number of hydrogen-bond acceptors (Lipinski definition) is 2. The van der Waals surface area contributed by atoms with Crippen LogP contribution in [0.25, 0.3) is 5.69 Å². The average molecular weight is 291 g/mol. The lowest BCUT2D eigenvalue weighted by molar-refractivity contribution is -0.117. The van der Waals surface area contributed by atoms with Gasteiger partial charge in [0.1, 0.15) is 5.82 Å². The molecule has 1 aromatic heterocycles. The maximum absolute atomic E-state index is 12.3. The van der Waals surface area contributed by atoms with E-state index in [9.17, 15) is 4.79 Å². The van der Waals surface area contributed by atoms with Gasteiger partial charge in [0, 0.05) is 30.9 Å². The fourth-order valence-corrected chi connectivity index (χ4v) is 2.96. The van der Waals surface area contributed by atoms with Crippen molar-refractivity contribution in [1.82, 2.24) is 9.78 Å². The molecule has 2 aliphatic rings. The van der Waals surface area contributed by atoms with E-state index in [1.54, 1.807) is 4.90 Å². The fraction of sp³-hybridized carbons (Fsp3) is 0.333. The van der Waals surface area contributed by atoms with Crippen LogP contribution in [-0.4, -0.2) is 22.2 Å². The number of rotatable bonds is 3. The van der Waals surface area contributed by atoms with Gasteiger partial charge in [0.2, 0.25) is 5.91 Å². The van der Waals surface area contributed by atoms with E-state index in [2.05, 4.69) is 12.0 Å². The minimum Gasteiger partial charge on any atom is -0.295 e. The van der Waals surface area contributed by atoms with Crippen LogP contribution in [0.3, 0.4) is 0 Å². The Morgan fingerprint density at radius 2 is 2.00 bits per heavy atom. The highest BCUT2D eigenvalue weighted by Crippen LogP contribution is 2.41. The molecule has 1 saturated heterocycles. The van der Waals surface area contributed by atoms with Crippen LogP contribution >= 0.6 is 0 Å². The summed E-state index contributed by atoms with van der Waals surface area (Å²) in [4.78, 5) is 14.1. The van der Waals surface area contributed by atoms with Gasteiger partial charge >= 0.3 is 0 Å². The SMILES string of the molecule is C#CC1CC(=O)N(c2cc(C3CC3)nn2-c2ccccc2)C1. The first-order chi connectivity index (χ1) is 10.8. The Hall–Kier alpha value is -2.54. The molecule has 110 valence electrons. The molecule has 1 aliphatic heterocycles. The Labute approximate surface area is 129 Å². The molecule has 1 saturated carbocycles. The van der Waals surface area contributed by atoms with Gasteiger partial charge in [0.05, 0.1) is 11.4 Å². The van der Waals surface area contributed by atoms with E-state index in [1.807, 2.05) is 35.0 Å². The summed E-state index contributed by atoms with van der Waals surface area (Å²) in [5.41, 5.74) is 2.05. The number of carbonyl (C=O) groups is 1. The van der Waals surface area contributed by atoms with Crippen LogP contribution < -0.4 is 4.90 Å². The molecule has 2 fully saturated rings. The van der Waals surface area contributed by atoms with Gasteiger partial charge in [-0.15, -0.1) is 12.3 Å². The van der Waals surface area contributed by atoms with Crippen LogP contribution in [0.2, 0.25) is 0 Å². The third kappa shape index (κ3) is 2.19. The van der Waals surface area contributed by atoms with E-state index in [-0.39, 0.29) is 11.8 Å². The largest absolute Gasteiger partial charge is 0.295 e. The zero-order chi connectivity index (χ0) is 15.1. The summed E-state index contributed by atoms with van der Waals surface area (Å²) in [6.45, 7) is 0.581. The number of hydrogen-bond donors (Lipinski definition) is 0. The van der Waals surface area contributed by atoms with Crippen molar-refractivity contribution in [1.29, 1.82) is 0 Å². The zero-order valence-electron chi connectivity index (χ0n) is 12.3. The Bertz CT molecular complexity index is 752. The number of terminal acetylenes is 1. The van der Waals surface area contributed by atoms with Crippen LogP contribution in [0, 0.1) is 18.3 Å². The standard InChI is InChI=1S/C18H17N3O/c1-2-13-10-18(22)20(12-13)17-11-16(14-8-9-14)19-21(17)15-6-4-3-5-7-15/h1,3-7,11,13-14H,8-10,12H2. The lowest BCUT2D eigenvalue weighted by Gasteiger charge is -2.17. The first-order valence-electron chi connectivity index (χ1n) is 7.68. The molecule has 1 aromatic carbocycles. The molecule has 2 aromatic rings. The van der Waals surface area contributed by atoms with Gasteiger partial charge in [-0.05, 0) is 25.0 Å². The molecule has 4 heteroatoms. The molecule has 0 radical (unpaired) electrons. The predicted molar refractivity (Wildman–Crippen MR) is 84.8 cm³/mol. The molecule has 1 aliphatic carbocycles. The molecular weight excluding hydrogens is 274 g/mol. The van der Waals surface area contributed by atoms with Crippen LogP contribution in [0.15, 0.2) is 36.4 Å². The summed E-state index contributed by atoms with van der Waals surface area (Å²) in [6.07, 6.45) is 8.30. The monoisotopic (exact) mass is 291 g/mol. The topological polar surface area (TPSA) is 38.1 Å². The zero-order valence-corrected chi connectivity index (χ0v) is 12.3. The van der Waals surface area contributed by atoms with Crippen molar-refractivity contribution in [2.75, 3.05) is 11.4 Å². The first kappa shape index (κ1) is 13.1. The Morgan fingerprint density at radius 3 is 2.64 bits per heavy atom. The second kappa shape index (κ2) is 5.03. The van der Waals surface area contributed by atoms with E-state index in [0.29, 0.717) is 18.9 Å². The lowest BCUT2D eigenvalue weighted by Crippen LogP contribution is -2.26. The van der Waals surface area contributed by atoms with Gasteiger partial charge in [-0.2, -0.15) is 5.10 Å². The van der Waals surface area contributed by atoms with Crippen LogP contribution in [-0.2, 0) is 4.79 Å². The van der Waals surface area contributed by atoms with Crippen molar-refractivity contribution in [3.8, 4) is 18.0 Å². The summed E-state index contributed by atoms with van der Waals surface area (Å²) in [7, 11) is 0. The van der Waals surface area contributed by atoms with Crippen molar-refractivity contribution in [3.63, 3.8) is 0 Å². The fourth-order valence-electron chi connectivity index (χ4n) is 2.96. The van der Waals surface area contributed by atoms with E-state index < -0.39 is 0 Å². The van der Waals surface area contributed by atoms with Crippen molar-refractivity contribution in [3.05, 3.63) is 42.1 Å². The molecule has 0 spiro atoms. The number of aromatic nitrogens is 2. The Balaban J connectivity index is 1.78. The number of amides is 1.